The predicted molar refractivity (Wildman–Crippen MR) is 82.0 cm³/mol. The van der Waals surface area contributed by atoms with E-state index in [9.17, 15) is 0 Å². The molecule has 2 nitrogen and oxygen atoms in total. The zero-order valence-corrected chi connectivity index (χ0v) is 13.2. The second-order valence-electron chi connectivity index (χ2n) is 3.68. The van der Waals surface area contributed by atoms with Gasteiger partial charge in [0.1, 0.15) is 12.4 Å². The van der Waals surface area contributed by atoms with E-state index >= 15 is 0 Å². The predicted octanol–water partition coefficient (Wildman–Crippen LogP) is 5.03. The molecular weight excluding hydrogens is 381 g/mol. The minimum Gasteiger partial charge on any atom is -0.486 e. The minimum atomic E-state index is 0.393. The van der Waals surface area contributed by atoms with E-state index in [2.05, 4.69) is 31.9 Å². The number of halogens is 3. The highest BCUT2D eigenvalue weighted by molar-refractivity contribution is 9.11. The van der Waals surface area contributed by atoms with Gasteiger partial charge in [-0.2, -0.15) is 0 Å². The van der Waals surface area contributed by atoms with Crippen molar-refractivity contribution in [2.45, 2.75) is 6.61 Å². The van der Waals surface area contributed by atoms with Gasteiger partial charge < -0.3 is 10.5 Å². The molecule has 2 N–H and O–H groups in total. The molecule has 0 saturated carbocycles. The van der Waals surface area contributed by atoms with Crippen LogP contribution in [0.1, 0.15) is 5.56 Å². The molecule has 5 heteroatoms. The number of ether oxygens (including phenoxy) is 1. The van der Waals surface area contributed by atoms with Gasteiger partial charge in [-0.15, -0.1) is 0 Å². The number of anilines is 1. The molecule has 0 aliphatic rings. The van der Waals surface area contributed by atoms with Gasteiger partial charge in [0.15, 0.2) is 0 Å². The maximum absolute atomic E-state index is 5.87. The van der Waals surface area contributed by atoms with Crippen molar-refractivity contribution in [1.29, 1.82) is 0 Å². The molecule has 0 atom stereocenters. The van der Waals surface area contributed by atoms with Crippen LogP contribution in [0.15, 0.2) is 45.3 Å². The highest BCUT2D eigenvalue weighted by atomic mass is 79.9. The van der Waals surface area contributed by atoms with E-state index in [-0.39, 0.29) is 0 Å². The molecule has 0 saturated heterocycles. The SMILES string of the molecule is Nc1cc(Cl)ccc1COc1c(Br)cccc1Br. The van der Waals surface area contributed by atoms with Crippen molar-refractivity contribution in [1.82, 2.24) is 0 Å². The fourth-order valence-corrected chi connectivity index (χ4v) is 2.88. The lowest BCUT2D eigenvalue weighted by Crippen LogP contribution is -2.01. The first-order valence-electron chi connectivity index (χ1n) is 5.18. The first kappa shape index (κ1) is 13.7. The first-order chi connectivity index (χ1) is 8.58. The summed E-state index contributed by atoms with van der Waals surface area (Å²) in [5.74, 6) is 0.756. The van der Waals surface area contributed by atoms with E-state index in [4.69, 9.17) is 22.1 Å². The monoisotopic (exact) mass is 389 g/mol. The summed E-state index contributed by atoms with van der Waals surface area (Å²) in [6.45, 7) is 0.393. The third-order valence-electron chi connectivity index (χ3n) is 2.40. The largest absolute Gasteiger partial charge is 0.486 e. The van der Waals surface area contributed by atoms with E-state index in [0.29, 0.717) is 17.3 Å². The molecule has 94 valence electrons. The van der Waals surface area contributed by atoms with Crippen LogP contribution < -0.4 is 10.5 Å². The molecule has 0 fully saturated rings. The Hall–Kier alpha value is -0.710. The summed E-state index contributed by atoms with van der Waals surface area (Å²) in [7, 11) is 0. The lowest BCUT2D eigenvalue weighted by molar-refractivity contribution is 0.303. The number of para-hydroxylation sites is 1. The third-order valence-corrected chi connectivity index (χ3v) is 3.88. The fraction of sp³-hybridized carbons (Fsp3) is 0.0769. The standard InChI is InChI=1S/C13H10Br2ClNO/c14-10-2-1-3-11(15)13(10)18-7-8-4-5-9(16)6-12(8)17/h1-6H,7,17H2. The van der Waals surface area contributed by atoms with Crippen molar-refractivity contribution < 1.29 is 4.74 Å². The van der Waals surface area contributed by atoms with Crippen molar-refractivity contribution >= 4 is 49.1 Å². The van der Waals surface area contributed by atoms with Crippen LogP contribution in [-0.2, 0) is 6.61 Å². The van der Waals surface area contributed by atoms with Crippen LogP contribution in [0.2, 0.25) is 5.02 Å². The first-order valence-corrected chi connectivity index (χ1v) is 7.15. The molecule has 18 heavy (non-hydrogen) atoms. The Kier molecular flexibility index (Phi) is 4.54. The van der Waals surface area contributed by atoms with Crippen LogP contribution in [0.3, 0.4) is 0 Å². The Labute approximate surface area is 127 Å². The molecule has 2 aromatic carbocycles. The van der Waals surface area contributed by atoms with E-state index in [1.807, 2.05) is 24.3 Å². The molecule has 0 aliphatic carbocycles. The quantitative estimate of drug-likeness (QED) is 0.745. The number of nitrogen functional groups attached to an aromatic ring is 1. The van der Waals surface area contributed by atoms with E-state index in [0.717, 1.165) is 20.3 Å². The van der Waals surface area contributed by atoms with Crippen molar-refractivity contribution in [3.63, 3.8) is 0 Å². The summed E-state index contributed by atoms with van der Waals surface area (Å²) in [5, 5.41) is 0.623. The summed E-state index contributed by atoms with van der Waals surface area (Å²) in [4.78, 5) is 0. The van der Waals surface area contributed by atoms with Crippen LogP contribution >= 0.6 is 43.5 Å². The number of rotatable bonds is 3. The summed E-state index contributed by atoms with van der Waals surface area (Å²) in [6, 6.07) is 11.2. The zero-order chi connectivity index (χ0) is 13.1. The average Bonchev–Trinajstić information content (AvgIpc) is 2.31. The van der Waals surface area contributed by atoms with Crippen molar-refractivity contribution in [3.05, 3.63) is 55.9 Å². The highest BCUT2D eigenvalue weighted by Gasteiger charge is 2.07. The second kappa shape index (κ2) is 5.95. The molecule has 2 rings (SSSR count). The Morgan fingerprint density at radius 3 is 2.39 bits per heavy atom. The number of hydrogen-bond acceptors (Lipinski definition) is 2. The van der Waals surface area contributed by atoms with Gasteiger partial charge in [-0.3, -0.25) is 0 Å². The van der Waals surface area contributed by atoms with Crippen molar-refractivity contribution in [2.24, 2.45) is 0 Å². The Morgan fingerprint density at radius 2 is 1.78 bits per heavy atom. The van der Waals surface area contributed by atoms with Gasteiger partial charge in [-0.05, 0) is 56.1 Å². The van der Waals surface area contributed by atoms with E-state index in [1.165, 1.54) is 0 Å². The maximum Gasteiger partial charge on any atom is 0.148 e. The van der Waals surface area contributed by atoms with Gasteiger partial charge in [-0.1, -0.05) is 23.7 Å². The van der Waals surface area contributed by atoms with Gasteiger partial charge in [0, 0.05) is 16.3 Å². The summed E-state index contributed by atoms with van der Waals surface area (Å²) in [6.07, 6.45) is 0. The Morgan fingerprint density at radius 1 is 1.11 bits per heavy atom. The number of hydrogen-bond donors (Lipinski definition) is 1. The molecule has 0 aromatic heterocycles. The maximum atomic E-state index is 5.87. The normalized spacial score (nSPS) is 10.4. The van der Waals surface area contributed by atoms with Crippen LogP contribution in [-0.4, -0.2) is 0 Å². The van der Waals surface area contributed by atoms with Gasteiger partial charge >= 0.3 is 0 Å². The summed E-state index contributed by atoms with van der Waals surface area (Å²) >= 11 is 12.7. The topological polar surface area (TPSA) is 35.2 Å². The Bertz CT molecular complexity index is 555. The second-order valence-corrected chi connectivity index (χ2v) is 5.83. The molecule has 0 amide bonds. The van der Waals surface area contributed by atoms with Gasteiger partial charge in [0.25, 0.3) is 0 Å². The van der Waals surface area contributed by atoms with Crippen molar-refractivity contribution in [2.75, 3.05) is 5.73 Å². The molecular formula is C13H10Br2ClNO. The average molecular weight is 391 g/mol. The van der Waals surface area contributed by atoms with Gasteiger partial charge in [0.05, 0.1) is 8.95 Å². The lowest BCUT2D eigenvalue weighted by atomic mass is 10.2. The van der Waals surface area contributed by atoms with Crippen LogP contribution in [0.4, 0.5) is 5.69 Å². The highest BCUT2D eigenvalue weighted by Crippen LogP contribution is 2.34. The van der Waals surface area contributed by atoms with Gasteiger partial charge in [0.2, 0.25) is 0 Å². The third kappa shape index (κ3) is 3.19. The van der Waals surface area contributed by atoms with Crippen molar-refractivity contribution in [3.8, 4) is 5.75 Å². The summed E-state index contributed by atoms with van der Waals surface area (Å²) in [5.41, 5.74) is 7.41. The van der Waals surface area contributed by atoms with Crippen LogP contribution in [0.25, 0.3) is 0 Å². The van der Waals surface area contributed by atoms with Gasteiger partial charge in [-0.25, -0.2) is 0 Å². The smallest absolute Gasteiger partial charge is 0.148 e. The number of nitrogens with two attached hydrogens (primary N) is 1. The zero-order valence-electron chi connectivity index (χ0n) is 9.29. The lowest BCUT2D eigenvalue weighted by Gasteiger charge is -2.11. The molecule has 0 aliphatic heterocycles. The fourth-order valence-electron chi connectivity index (χ4n) is 1.47. The Balaban J connectivity index is 2.16. The minimum absolute atomic E-state index is 0.393. The van der Waals surface area contributed by atoms with Crippen LogP contribution in [0, 0.1) is 0 Å². The molecule has 0 bridgehead atoms. The summed E-state index contributed by atoms with van der Waals surface area (Å²) < 4.78 is 7.54. The molecule has 0 radical (unpaired) electrons. The van der Waals surface area contributed by atoms with E-state index < -0.39 is 0 Å². The molecule has 2 aromatic rings. The molecule has 0 unspecified atom stereocenters. The molecule has 0 spiro atoms. The van der Waals surface area contributed by atoms with E-state index in [1.54, 1.807) is 12.1 Å². The number of benzene rings is 2. The molecule has 0 heterocycles. The van der Waals surface area contributed by atoms with Crippen LogP contribution in [0.5, 0.6) is 5.75 Å².